The number of carboxylic acids is 1. The van der Waals surface area contributed by atoms with E-state index in [0.29, 0.717) is 13.2 Å². The molecule has 1 heterocycles. The summed E-state index contributed by atoms with van der Waals surface area (Å²) in [5, 5.41) is 12.2. The van der Waals surface area contributed by atoms with Crippen LogP contribution in [0.25, 0.3) is 0 Å². The number of carboxylic acid groups (broad SMARTS) is 1. The SMILES string of the molecule is CN(C(=O)CC1COCCN1)C(C)(C)C(=O)O. The van der Waals surface area contributed by atoms with Gasteiger partial charge in [0.25, 0.3) is 0 Å². The lowest BCUT2D eigenvalue weighted by atomic mass is 10.0. The van der Waals surface area contributed by atoms with Crippen LogP contribution in [0.4, 0.5) is 0 Å². The van der Waals surface area contributed by atoms with E-state index in [-0.39, 0.29) is 18.4 Å². The highest BCUT2D eigenvalue weighted by Crippen LogP contribution is 2.14. The highest BCUT2D eigenvalue weighted by Gasteiger charge is 2.35. The number of hydrogen-bond acceptors (Lipinski definition) is 4. The van der Waals surface area contributed by atoms with Gasteiger partial charge in [-0.1, -0.05) is 0 Å². The molecule has 6 heteroatoms. The van der Waals surface area contributed by atoms with Gasteiger partial charge in [-0.3, -0.25) is 4.79 Å². The van der Waals surface area contributed by atoms with Crippen molar-refractivity contribution in [2.24, 2.45) is 0 Å². The maximum absolute atomic E-state index is 11.9. The number of carbonyl (C=O) groups excluding carboxylic acids is 1. The lowest BCUT2D eigenvalue weighted by molar-refractivity contribution is -0.155. The third kappa shape index (κ3) is 3.41. The van der Waals surface area contributed by atoms with E-state index in [1.54, 1.807) is 0 Å². The molecule has 1 aliphatic heterocycles. The molecule has 98 valence electrons. The van der Waals surface area contributed by atoms with Gasteiger partial charge in [0.05, 0.1) is 13.2 Å². The van der Waals surface area contributed by atoms with Crippen molar-refractivity contribution >= 4 is 11.9 Å². The molecule has 17 heavy (non-hydrogen) atoms. The highest BCUT2D eigenvalue weighted by molar-refractivity contribution is 5.86. The van der Waals surface area contributed by atoms with Gasteiger partial charge in [-0.05, 0) is 13.8 Å². The van der Waals surface area contributed by atoms with Gasteiger partial charge in [0.1, 0.15) is 5.54 Å². The average Bonchev–Trinajstić information content (AvgIpc) is 2.29. The average molecular weight is 244 g/mol. The van der Waals surface area contributed by atoms with Crippen molar-refractivity contribution in [1.29, 1.82) is 0 Å². The molecule has 0 bridgehead atoms. The molecule has 0 aromatic heterocycles. The molecule has 2 N–H and O–H groups in total. The number of nitrogens with one attached hydrogen (secondary N) is 1. The maximum Gasteiger partial charge on any atom is 0.329 e. The molecule has 1 atom stereocenters. The lowest BCUT2D eigenvalue weighted by Crippen LogP contribution is -2.53. The Hall–Kier alpha value is -1.14. The van der Waals surface area contributed by atoms with Gasteiger partial charge in [-0.2, -0.15) is 0 Å². The topological polar surface area (TPSA) is 78.9 Å². The minimum atomic E-state index is -1.19. The smallest absolute Gasteiger partial charge is 0.329 e. The molecule has 0 radical (unpaired) electrons. The van der Waals surface area contributed by atoms with Crippen LogP contribution in [0, 0.1) is 0 Å². The van der Waals surface area contributed by atoms with E-state index in [4.69, 9.17) is 9.84 Å². The zero-order valence-electron chi connectivity index (χ0n) is 10.5. The summed E-state index contributed by atoms with van der Waals surface area (Å²) in [6.45, 7) is 4.90. The molecule has 1 fully saturated rings. The normalized spacial score (nSPS) is 21.0. The summed E-state index contributed by atoms with van der Waals surface area (Å²) < 4.78 is 5.25. The van der Waals surface area contributed by atoms with E-state index in [9.17, 15) is 9.59 Å². The molecule has 0 aromatic carbocycles. The second-order valence-corrected chi connectivity index (χ2v) is 4.75. The predicted octanol–water partition coefficient (Wildman–Crippen LogP) is -0.313. The van der Waals surface area contributed by atoms with Gasteiger partial charge in [0, 0.05) is 26.1 Å². The maximum atomic E-state index is 11.9. The van der Waals surface area contributed by atoms with Crippen molar-refractivity contribution in [3.63, 3.8) is 0 Å². The quantitative estimate of drug-likeness (QED) is 0.709. The first-order chi connectivity index (χ1) is 7.85. The van der Waals surface area contributed by atoms with E-state index in [0.717, 1.165) is 6.54 Å². The summed E-state index contributed by atoms with van der Waals surface area (Å²) in [5.41, 5.74) is -1.19. The minimum Gasteiger partial charge on any atom is -0.480 e. The predicted molar refractivity (Wildman–Crippen MR) is 61.7 cm³/mol. The van der Waals surface area contributed by atoms with Gasteiger partial charge >= 0.3 is 5.97 Å². The van der Waals surface area contributed by atoms with Gasteiger partial charge in [0.2, 0.25) is 5.91 Å². The van der Waals surface area contributed by atoms with Crippen LogP contribution in [0.15, 0.2) is 0 Å². The molecule has 6 nitrogen and oxygen atoms in total. The minimum absolute atomic E-state index is 0.0247. The van der Waals surface area contributed by atoms with Crippen LogP contribution in [0.5, 0.6) is 0 Å². The van der Waals surface area contributed by atoms with Gasteiger partial charge < -0.3 is 20.1 Å². The molecule has 0 aliphatic carbocycles. The molecule has 1 saturated heterocycles. The molecular formula is C11H20N2O4. The Kier molecular flexibility index (Phi) is 4.47. The monoisotopic (exact) mass is 244 g/mol. The molecule has 1 aliphatic rings. The summed E-state index contributed by atoms with van der Waals surface area (Å²) in [6, 6.07) is -0.0247. The van der Waals surface area contributed by atoms with Gasteiger partial charge in [-0.15, -0.1) is 0 Å². The molecule has 0 spiro atoms. The Morgan fingerprint density at radius 1 is 1.53 bits per heavy atom. The Balaban J connectivity index is 2.54. The standard InChI is InChI=1S/C11H20N2O4/c1-11(2,10(15)16)13(3)9(14)6-8-7-17-5-4-12-8/h8,12H,4-7H2,1-3H3,(H,15,16). The number of carbonyl (C=O) groups is 2. The Labute approximate surface area is 101 Å². The first kappa shape index (κ1) is 13.9. The highest BCUT2D eigenvalue weighted by atomic mass is 16.5. The summed E-state index contributed by atoms with van der Waals surface area (Å²) in [6.07, 6.45) is 0.257. The summed E-state index contributed by atoms with van der Waals surface area (Å²) in [4.78, 5) is 24.2. The number of amides is 1. The lowest BCUT2D eigenvalue weighted by Gasteiger charge is -2.33. The van der Waals surface area contributed by atoms with Crippen molar-refractivity contribution in [2.45, 2.75) is 31.8 Å². The number of nitrogens with zero attached hydrogens (tertiary/aromatic N) is 1. The first-order valence-corrected chi connectivity index (χ1v) is 5.67. The van der Waals surface area contributed by atoms with E-state index < -0.39 is 11.5 Å². The molecular weight excluding hydrogens is 224 g/mol. The van der Waals surface area contributed by atoms with E-state index in [1.807, 2.05) is 0 Å². The zero-order valence-corrected chi connectivity index (χ0v) is 10.5. The van der Waals surface area contributed by atoms with Crippen molar-refractivity contribution in [3.8, 4) is 0 Å². The molecule has 1 amide bonds. The van der Waals surface area contributed by atoms with E-state index in [2.05, 4.69) is 5.32 Å². The van der Waals surface area contributed by atoms with Gasteiger partial charge in [-0.25, -0.2) is 4.79 Å². The van der Waals surface area contributed by atoms with Crippen LogP contribution < -0.4 is 5.32 Å². The van der Waals surface area contributed by atoms with Crippen LogP contribution >= 0.6 is 0 Å². The largest absolute Gasteiger partial charge is 0.480 e. The Morgan fingerprint density at radius 3 is 2.65 bits per heavy atom. The van der Waals surface area contributed by atoms with Crippen molar-refractivity contribution in [1.82, 2.24) is 10.2 Å². The zero-order chi connectivity index (χ0) is 13.1. The van der Waals surface area contributed by atoms with Crippen LogP contribution in [-0.4, -0.2) is 60.3 Å². The summed E-state index contributed by atoms with van der Waals surface area (Å²) in [5.74, 6) is -1.21. The number of ether oxygens (including phenoxy) is 1. The Morgan fingerprint density at radius 2 is 2.18 bits per heavy atom. The molecule has 0 aromatic rings. The number of likely N-dealkylation sites (N-methyl/N-ethyl adjacent to an activating group) is 1. The second kappa shape index (κ2) is 5.46. The second-order valence-electron chi connectivity index (χ2n) is 4.75. The van der Waals surface area contributed by atoms with Crippen molar-refractivity contribution < 1.29 is 19.4 Å². The Bertz CT molecular complexity index is 298. The number of hydrogen-bond donors (Lipinski definition) is 2. The van der Waals surface area contributed by atoms with E-state index >= 15 is 0 Å². The fourth-order valence-electron chi connectivity index (χ4n) is 1.55. The van der Waals surface area contributed by atoms with Crippen LogP contribution in [0.2, 0.25) is 0 Å². The molecule has 0 saturated carbocycles. The van der Waals surface area contributed by atoms with Crippen LogP contribution in [0.3, 0.4) is 0 Å². The van der Waals surface area contributed by atoms with E-state index in [1.165, 1.54) is 25.8 Å². The van der Waals surface area contributed by atoms with Crippen LogP contribution in [-0.2, 0) is 14.3 Å². The van der Waals surface area contributed by atoms with Gasteiger partial charge in [0.15, 0.2) is 0 Å². The molecule has 1 unspecified atom stereocenters. The number of morpholine rings is 1. The fraction of sp³-hybridized carbons (Fsp3) is 0.818. The summed E-state index contributed by atoms with van der Waals surface area (Å²) in [7, 11) is 1.51. The van der Waals surface area contributed by atoms with Crippen molar-refractivity contribution in [3.05, 3.63) is 0 Å². The third-order valence-electron chi connectivity index (χ3n) is 3.16. The molecule has 1 rings (SSSR count). The number of aliphatic carboxylic acids is 1. The van der Waals surface area contributed by atoms with Crippen LogP contribution in [0.1, 0.15) is 20.3 Å². The third-order valence-corrected chi connectivity index (χ3v) is 3.16. The first-order valence-electron chi connectivity index (χ1n) is 5.67. The fourth-order valence-corrected chi connectivity index (χ4v) is 1.55. The number of rotatable bonds is 4. The summed E-state index contributed by atoms with van der Waals surface area (Å²) >= 11 is 0. The van der Waals surface area contributed by atoms with Crippen molar-refractivity contribution in [2.75, 3.05) is 26.8 Å².